The summed E-state index contributed by atoms with van der Waals surface area (Å²) in [5, 5.41) is 0. The molecule has 1 aliphatic carbocycles. The Labute approximate surface area is 212 Å². The van der Waals surface area contributed by atoms with Gasteiger partial charge in [-0.2, -0.15) is 13.2 Å². The van der Waals surface area contributed by atoms with E-state index in [1.807, 2.05) is 0 Å². The Balaban J connectivity index is 0.00000320. The molecule has 4 atom stereocenters. The molecule has 3 aliphatic rings. The van der Waals surface area contributed by atoms with Gasteiger partial charge < -0.3 is 4.74 Å². The van der Waals surface area contributed by atoms with Crippen LogP contribution >= 0.6 is 0 Å². The van der Waals surface area contributed by atoms with Crippen LogP contribution in [-0.4, -0.2) is 46.6 Å². The predicted octanol–water partition coefficient (Wildman–Crippen LogP) is 4.74. The number of fused-ring (bicyclic) bond motifs is 5. The van der Waals surface area contributed by atoms with E-state index in [1.165, 1.54) is 11.4 Å². The SMILES string of the molecule is C.CN1[C@@H]2CC[C@@]3(S(=O)(=O)c4ccc(C(F)(F)F)cc4)c4c(F)ccc(F)c4OC[C@H]3[C@@H]2CCS1(=O)=O. The molecular weight excluding hydrogens is 541 g/mol. The molecule has 13 heteroatoms. The maximum absolute atomic E-state index is 15.4. The fourth-order valence-corrected chi connectivity index (χ4v) is 10.1. The number of sulfonamides is 1. The third kappa shape index (κ3) is 3.95. The third-order valence-electron chi connectivity index (χ3n) is 7.90. The summed E-state index contributed by atoms with van der Waals surface area (Å²) in [6.07, 6.45) is -4.84. The van der Waals surface area contributed by atoms with Crippen LogP contribution in [0.15, 0.2) is 41.3 Å². The molecule has 0 unspecified atom stereocenters. The molecule has 37 heavy (non-hydrogen) atoms. The minimum atomic E-state index is -4.69. The number of hydrogen-bond acceptors (Lipinski definition) is 5. The van der Waals surface area contributed by atoms with Crippen molar-refractivity contribution < 1.29 is 43.5 Å². The van der Waals surface area contributed by atoms with Crippen molar-refractivity contribution in [1.29, 1.82) is 0 Å². The van der Waals surface area contributed by atoms with Gasteiger partial charge in [-0.25, -0.2) is 29.9 Å². The van der Waals surface area contributed by atoms with Crippen LogP contribution < -0.4 is 4.74 Å². The Morgan fingerprint density at radius 1 is 1.03 bits per heavy atom. The van der Waals surface area contributed by atoms with Gasteiger partial charge in [-0.3, -0.25) is 0 Å². The van der Waals surface area contributed by atoms with Gasteiger partial charge in [0.1, 0.15) is 10.6 Å². The van der Waals surface area contributed by atoms with Crippen molar-refractivity contribution in [2.24, 2.45) is 11.8 Å². The Morgan fingerprint density at radius 3 is 2.27 bits per heavy atom. The molecule has 0 radical (unpaired) electrons. The van der Waals surface area contributed by atoms with Gasteiger partial charge >= 0.3 is 6.18 Å². The van der Waals surface area contributed by atoms with Crippen LogP contribution in [0.1, 0.15) is 37.8 Å². The first-order valence-electron chi connectivity index (χ1n) is 11.2. The second-order valence-electron chi connectivity index (χ2n) is 9.46. The summed E-state index contributed by atoms with van der Waals surface area (Å²) in [6.45, 7) is -0.317. The zero-order valence-corrected chi connectivity index (χ0v) is 20.6. The normalized spacial score (nSPS) is 29.2. The molecule has 2 aliphatic heterocycles. The van der Waals surface area contributed by atoms with Crippen molar-refractivity contribution in [3.05, 3.63) is 59.2 Å². The zero-order valence-electron chi connectivity index (χ0n) is 18.9. The number of benzene rings is 2. The van der Waals surface area contributed by atoms with Crippen LogP contribution in [0.3, 0.4) is 0 Å². The van der Waals surface area contributed by atoms with Crippen LogP contribution in [0.2, 0.25) is 0 Å². The number of rotatable bonds is 2. The number of ether oxygens (including phenoxy) is 1. The first kappa shape index (κ1) is 27.8. The highest BCUT2D eigenvalue weighted by Gasteiger charge is 2.64. The van der Waals surface area contributed by atoms with E-state index in [9.17, 15) is 34.4 Å². The van der Waals surface area contributed by atoms with Crippen LogP contribution in [0.4, 0.5) is 22.0 Å². The number of alkyl halides is 3. The average Bonchev–Trinajstić information content (AvgIpc) is 2.82. The second kappa shape index (κ2) is 8.91. The highest BCUT2D eigenvalue weighted by Crippen LogP contribution is 2.60. The Morgan fingerprint density at radius 2 is 1.65 bits per heavy atom. The van der Waals surface area contributed by atoms with Gasteiger partial charge in [-0.05, 0) is 61.6 Å². The zero-order chi connectivity index (χ0) is 26.3. The van der Waals surface area contributed by atoms with E-state index in [-0.39, 0.29) is 39.0 Å². The monoisotopic (exact) mass is 567 g/mol. The molecule has 204 valence electrons. The van der Waals surface area contributed by atoms with Crippen molar-refractivity contribution in [3.63, 3.8) is 0 Å². The van der Waals surface area contributed by atoms with Crippen LogP contribution in [0.5, 0.6) is 5.75 Å². The highest BCUT2D eigenvalue weighted by molar-refractivity contribution is 7.92. The molecule has 2 fully saturated rings. The Kier molecular flexibility index (Phi) is 6.69. The van der Waals surface area contributed by atoms with Gasteiger partial charge in [-0.15, -0.1) is 0 Å². The maximum atomic E-state index is 15.4. The lowest BCUT2D eigenvalue weighted by Crippen LogP contribution is -2.62. The molecule has 5 rings (SSSR count). The molecule has 2 heterocycles. The third-order valence-corrected chi connectivity index (χ3v) is 12.4. The van der Waals surface area contributed by atoms with Crippen LogP contribution in [-0.2, 0) is 30.8 Å². The van der Waals surface area contributed by atoms with Crippen LogP contribution in [0.25, 0.3) is 0 Å². The van der Waals surface area contributed by atoms with Crippen LogP contribution in [0, 0.1) is 23.5 Å². The fraction of sp³-hybridized carbons (Fsp3) is 0.500. The lowest BCUT2D eigenvalue weighted by molar-refractivity contribution is -0.137. The Bertz CT molecular complexity index is 1430. The first-order chi connectivity index (χ1) is 16.7. The smallest absolute Gasteiger partial charge is 0.416 e. The lowest BCUT2D eigenvalue weighted by Gasteiger charge is -2.55. The number of halogens is 5. The molecule has 1 saturated carbocycles. The van der Waals surface area contributed by atoms with E-state index >= 15 is 4.39 Å². The average molecular weight is 568 g/mol. The first-order valence-corrected chi connectivity index (χ1v) is 14.3. The summed E-state index contributed by atoms with van der Waals surface area (Å²) in [7, 11) is -6.78. The molecule has 1 saturated heterocycles. The molecule has 0 N–H and O–H groups in total. The molecule has 0 amide bonds. The van der Waals surface area contributed by atoms with Crippen molar-refractivity contribution in [3.8, 4) is 5.75 Å². The number of sulfone groups is 1. The van der Waals surface area contributed by atoms with Gasteiger partial charge in [-0.1, -0.05) is 7.43 Å². The Hall–Kier alpha value is -2.25. The second-order valence-corrected chi connectivity index (χ2v) is 13.8. The molecule has 0 bridgehead atoms. The topological polar surface area (TPSA) is 80.8 Å². The molecule has 0 aromatic heterocycles. The minimum absolute atomic E-state index is 0. The van der Waals surface area contributed by atoms with Crippen molar-refractivity contribution in [1.82, 2.24) is 4.31 Å². The quantitative estimate of drug-likeness (QED) is 0.490. The van der Waals surface area contributed by atoms with E-state index in [0.29, 0.717) is 12.1 Å². The van der Waals surface area contributed by atoms with Gasteiger partial charge in [0.15, 0.2) is 21.4 Å². The van der Waals surface area contributed by atoms with E-state index < -0.39 is 82.1 Å². The number of hydrogen-bond donors (Lipinski definition) is 0. The summed E-state index contributed by atoms with van der Waals surface area (Å²) >= 11 is 0. The lowest BCUT2D eigenvalue weighted by atomic mass is 9.64. The van der Waals surface area contributed by atoms with Crippen molar-refractivity contribution in [2.45, 2.75) is 48.5 Å². The van der Waals surface area contributed by atoms with Crippen molar-refractivity contribution in [2.75, 3.05) is 19.4 Å². The molecular formula is C24H26F5NO5S2. The van der Waals surface area contributed by atoms with E-state index in [1.54, 1.807) is 0 Å². The number of nitrogens with zero attached hydrogens (tertiary/aromatic N) is 1. The predicted molar refractivity (Wildman–Crippen MR) is 125 cm³/mol. The fourth-order valence-electron chi connectivity index (χ4n) is 6.17. The standard InChI is InChI=1S/C23H22F5NO5S2.CH4/c1-29-19-8-10-22(36(32,33)14-4-2-13(3-5-14)23(26,27)28)16(15(19)9-11-35(29,30)31)12-34-21-18(25)7-6-17(24)20(21)22;/h2-7,15-16,19H,8-12H2,1H3;1H4/t15-,16-,19+,22-;/m0./s1. The molecule has 6 nitrogen and oxygen atoms in total. The molecule has 2 aromatic carbocycles. The van der Waals surface area contributed by atoms with Gasteiger partial charge in [0.25, 0.3) is 0 Å². The summed E-state index contributed by atoms with van der Waals surface area (Å²) < 4.78 is 128. The molecule has 2 aromatic rings. The molecule has 0 spiro atoms. The van der Waals surface area contributed by atoms with E-state index in [2.05, 4.69) is 0 Å². The minimum Gasteiger partial charge on any atom is -0.490 e. The van der Waals surface area contributed by atoms with Crippen molar-refractivity contribution >= 4 is 19.9 Å². The van der Waals surface area contributed by atoms with Gasteiger partial charge in [0.2, 0.25) is 10.0 Å². The van der Waals surface area contributed by atoms with E-state index in [4.69, 9.17) is 4.74 Å². The summed E-state index contributed by atoms with van der Waals surface area (Å²) in [4.78, 5) is -0.466. The van der Waals surface area contributed by atoms with Gasteiger partial charge in [0.05, 0.1) is 28.4 Å². The van der Waals surface area contributed by atoms with E-state index in [0.717, 1.165) is 24.3 Å². The summed E-state index contributed by atoms with van der Waals surface area (Å²) in [5.74, 6) is -4.30. The highest BCUT2D eigenvalue weighted by atomic mass is 32.2. The summed E-state index contributed by atoms with van der Waals surface area (Å²) in [6, 6.07) is 3.94. The van der Waals surface area contributed by atoms with Gasteiger partial charge in [0, 0.05) is 19.0 Å². The largest absolute Gasteiger partial charge is 0.490 e. The maximum Gasteiger partial charge on any atom is 0.416 e. The summed E-state index contributed by atoms with van der Waals surface area (Å²) in [5.41, 5.74) is -1.55.